The molecule has 6 heteroatoms. The molecule has 5 nitrogen and oxygen atoms in total. The maximum absolute atomic E-state index is 13.1. The number of carbonyl (C=O) groups excluding carboxylic acids is 1. The van der Waals surface area contributed by atoms with E-state index in [1.54, 1.807) is 24.4 Å². The highest BCUT2D eigenvalue weighted by Crippen LogP contribution is 2.35. The van der Waals surface area contributed by atoms with Crippen molar-refractivity contribution in [2.75, 3.05) is 17.6 Å². The summed E-state index contributed by atoms with van der Waals surface area (Å²) < 4.78 is 13.1. The van der Waals surface area contributed by atoms with E-state index in [1.807, 2.05) is 18.2 Å². The van der Waals surface area contributed by atoms with Gasteiger partial charge in [0.05, 0.1) is 17.9 Å². The normalized spacial score (nSPS) is 19.3. The van der Waals surface area contributed by atoms with Crippen molar-refractivity contribution < 1.29 is 9.18 Å². The number of allylic oxidation sites excluding steroid dienone is 1. The molecular formula is C21H21FN4O. The van der Waals surface area contributed by atoms with Gasteiger partial charge in [0.1, 0.15) is 5.69 Å². The predicted octanol–water partition coefficient (Wildman–Crippen LogP) is 4.21. The van der Waals surface area contributed by atoms with Crippen LogP contribution in [0.15, 0.2) is 53.7 Å². The van der Waals surface area contributed by atoms with Gasteiger partial charge in [-0.1, -0.05) is 24.6 Å². The second kappa shape index (κ2) is 7.31. The Morgan fingerprint density at radius 2 is 2.00 bits per heavy atom. The molecule has 2 heterocycles. The third-order valence-corrected chi connectivity index (χ3v) is 5.25. The Bertz CT molecular complexity index is 916. The number of carbonyl (C=O) groups is 1. The fraction of sp³-hybridized carbons (Fsp3) is 0.286. The Kier molecular flexibility index (Phi) is 4.71. The zero-order valence-corrected chi connectivity index (χ0v) is 14.9. The number of anilines is 2. The van der Waals surface area contributed by atoms with Gasteiger partial charge in [-0.3, -0.25) is 14.8 Å². The SMILES string of the molecule is Nc1ccc([C@H]2C=CC(F)=NC2)cc1NC(=O)c1ccc(C2CCC2)cn1. The van der Waals surface area contributed by atoms with Gasteiger partial charge in [-0.25, -0.2) is 0 Å². The third kappa shape index (κ3) is 3.74. The van der Waals surface area contributed by atoms with Gasteiger partial charge >= 0.3 is 0 Å². The van der Waals surface area contributed by atoms with Gasteiger partial charge in [0.2, 0.25) is 5.97 Å². The lowest BCUT2D eigenvalue weighted by Gasteiger charge is -2.25. The topological polar surface area (TPSA) is 80.4 Å². The fourth-order valence-electron chi connectivity index (χ4n) is 3.33. The predicted molar refractivity (Wildman–Crippen MR) is 105 cm³/mol. The van der Waals surface area contributed by atoms with Crippen LogP contribution >= 0.6 is 0 Å². The van der Waals surface area contributed by atoms with Crippen LogP contribution in [0.25, 0.3) is 0 Å². The van der Waals surface area contributed by atoms with Crippen molar-refractivity contribution >= 4 is 23.2 Å². The maximum atomic E-state index is 13.1. The van der Waals surface area contributed by atoms with Crippen LogP contribution < -0.4 is 11.1 Å². The van der Waals surface area contributed by atoms with Crippen LogP contribution in [0.5, 0.6) is 0 Å². The Labute approximate surface area is 157 Å². The highest BCUT2D eigenvalue weighted by Gasteiger charge is 2.20. The van der Waals surface area contributed by atoms with Crippen molar-refractivity contribution in [1.29, 1.82) is 0 Å². The van der Waals surface area contributed by atoms with Crippen molar-refractivity contribution in [3.05, 3.63) is 65.5 Å². The summed E-state index contributed by atoms with van der Waals surface area (Å²) in [4.78, 5) is 20.7. The first-order valence-electron chi connectivity index (χ1n) is 9.15. The van der Waals surface area contributed by atoms with Gasteiger partial charge in [0, 0.05) is 12.1 Å². The average Bonchev–Trinajstić information content (AvgIpc) is 2.63. The summed E-state index contributed by atoms with van der Waals surface area (Å²) in [6.45, 7) is 0.337. The highest BCUT2D eigenvalue weighted by molar-refractivity contribution is 6.04. The van der Waals surface area contributed by atoms with Gasteiger partial charge in [-0.2, -0.15) is 4.39 Å². The van der Waals surface area contributed by atoms with E-state index in [9.17, 15) is 9.18 Å². The molecule has 0 saturated heterocycles. The Hall–Kier alpha value is -3.02. The summed E-state index contributed by atoms with van der Waals surface area (Å²) >= 11 is 0. The minimum atomic E-state index is -0.466. The molecule has 1 amide bonds. The van der Waals surface area contributed by atoms with Gasteiger partial charge < -0.3 is 11.1 Å². The van der Waals surface area contributed by atoms with Gasteiger partial charge in [0.25, 0.3) is 5.91 Å². The summed E-state index contributed by atoms with van der Waals surface area (Å²) in [5.41, 5.74) is 9.46. The summed E-state index contributed by atoms with van der Waals surface area (Å²) in [6.07, 6.45) is 8.56. The molecule has 27 heavy (non-hydrogen) atoms. The Morgan fingerprint density at radius 1 is 1.19 bits per heavy atom. The molecule has 1 aromatic carbocycles. The van der Waals surface area contributed by atoms with E-state index in [0.717, 1.165) is 5.56 Å². The first-order valence-corrected chi connectivity index (χ1v) is 9.15. The number of nitrogens with one attached hydrogen (secondary N) is 1. The molecule has 2 aliphatic rings. The quantitative estimate of drug-likeness (QED) is 0.798. The molecule has 0 spiro atoms. The number of hydrogen-bond acceptors (Lipinski definition) is 4. The largest absolute Gasteiger partial charge is 0.397 e. The second-order valence-electron chi connectivity index (χ2n) is 7.03. The molecule has 1 atom stereocenters. The molecule has 3 N–H and O–H groups in total. The van der Waals surface area contributed by atoms with E-state index in [1.165, 1.54) is 30.9 Å². The van der Waals surface area contributed by atoms with E-state index in [0.29, 0.717) is 29.5 Å². The van der Waals surface area contributed by atoms with E-state index < -0.39 is 5.97 Å². The fourth-order valence-corrected chi connectivity index (χ4v) is 3.33. The number of nitrogens with two attached hydrogens (primary N) is 1. The first kappa shape index (κ1) is 17.4. The van der Waals surface area contributed by atoms with Crippen molar-refractivity contribution in [3.63, 3.8) is 0 Å². The van der Waals surface area contributed by atoms with Crippen LogP contribution in [0, 0.1) is 0 Å². The van der Waals surface area contributed by atoms with Crippen molar-refractivity contribution in [3.8, 4) is 0 Å². The number of aromatic nitrogens is 1. The zero-order chi connectivity index (χ0) is 18.8. The van der Waals surface area contributed by atoms with Gasteiger partial charge in [-0.15, -0.1) is 0 Å². The molecule has 1 saturated carbocycles. The highest BCUT2D eigenvalue weighted by atomic mass is 19.1. The molecule has 1 aliphatic carbocycles. The lowest BCUT2D eigenvalue weighted by Crippen LogP contribution is -2.16. The molecule has 1 fully saturated rings. The second-order valence-corrected chi connectivity index (χ2v) is 7.03. The van der Waals surface area contributed by atoms with Crippen LogP contribution in [-0.2, 0) is 0 Å². The molecule has 4 rings (SSSR count). The van der Waals surface area contributed by atoms with E-state index in [2.05, 4.69) is 15.3 Å². The van der Waals surface area contributed by atoms with Gasteiger partial charge in [-0.05, 0) is 54.2 Å². The first-order chi connectivity index (χ1) is 13.1. The Balaban J connectivity index is 1.49. The van der Waals surface area contributed by atoms with E-state index in [-0.39, 0.29) is 11.8 Å². The number of nitrogen functional groups attached to an aromatic ring is 1. The van der Waals surface area contributed by atoms with Crippen molar-refractivity contribution in [2.45, 2.75) is 31.1 Å². The lowest BCUT2D eigenvalue weighted by molar-refractivity contribution is 0.102. The van der Waals surface area contributed by atoms with Crippen LogP contribution in [0.2, 0.25) is 0 Å². The number of halogens is 1. The molecule has 0 radical (unpaired) electrons. The molecular weight excluding hydrogens is 343 g/mol. The van der Waals surface area contributed by atoms with Crippen molar-refractivity contribution in [2.24, 2.45) is 4.99 Å². The molecule has 138 valence electrons. The third-order valence-electron chi connectivity index (χ3n) is 5.25. The summed E-state index contributed by atoms with van der Waals surface area (Å²) in [5.74, 6) is -0.229. The van der Waals surface area contributed by atoms with Crippen LogP contribution in [0.3, 0.4) is 0 Å². The molecule has 2 aromatic rings. The Morgan fingerprint density at radius 3 is 2.63 bits per heavy atom. The standard InChI is InChI=1S/C21H21FN4O/c22-20-9-6-16(12-25-20)14-4-7-17(23)19(10-14)26-21(27)18-8-5-15(11-24-18)13-2-1-3-13/h4-11,13,16H,1-3,12,23H2,(H,26,27)/t16-/m0/s1. The number of hydrogen-bond donors (Lipinski definition) is 2. The number of amides is 1. The van der Waals surface area contributed by atoms with Crippen LogP contribution in [-0.4, -0.2) is 23.4 Å². The van der Waals surface area contributed by atoms with Crippen LogP contribution in [0.1, 0.15) is 52.7 Å². The van der Waals surface area contributed by atoms with Gasteiger partial charge in [0.15, 0.2) is 0 Å². The number of dihydropyridines is 1. The monoisotopic (exact) mass is 364 g/mol. The number of aliphatic imine (C=N–C) groups is 1. The number of nitrogens with zero attached hydrogens (tertiary/aromatic N) is 2. The smallest absolute Gasteiger partial charge is 0.274 e. The summed E-state index contributed by atoms with van der Waals surface area (Å²) in [7, 11) is 0. The summed E-state index contributed by atoms with van der Waals surface area (Å²) in [5, 5.41) is 2.83. The van der Waals surface area contributed by atoms with E-state index in [4.69, 9.17) is 5.73 Å². The number of rotatable bonds is 4. The molecule has 1 aromatic heterocycles. The maximum Gasteiger partial charge on any atom is 0.274 e. The minimum absolute atomic E-state index is 0.0411. The molecule has 0 unspecified atom stereocenters. The van der Waals surface area contributed by atoms with Crippen LogP contribution in [0.4, 0.5) is 15.8 Å². The molecule has 0 bridgehead atoms. The molecule has 1 aliphatic heterocycles. The van der Waals surface area contributed by atoms with Crippen molar-refractivity contribution in [1.82, 2.24) is 4.98 Å². The van der Waals surface area contributed by atoms with E-state index >= 15 is 0 Å². The summed E-state index contributed by atoms with van der Waals surface area (Å²) in [6, 6.07) is 9.14. The zero-order valence-electron chi connectivity index (χ0n) is 14.9. The average molecular weight is 364 g/mol. The number of benzene rings is 1. The lowest BCUT2D eigenvalue weighted by atomic mass is 9.81. The minimum Gasteiger partial charge on any atom is -0.397 e. The number of pyridine rings is 1.